The molecule has 3 aromatic rings. The summed E-state index contributed by atoms with van der Waals surface area (Å²) in [5, 5.41) is 2.92. The van der Waals surface area contributed by atoms with Crippen LogP contribution in [-0.2, 0) is 16.0 Å². The first-order valence-corrected chi connectivity index (χ1v) is 9.11. The fourth-order valence-corrected chi connectivity index (χ4v) is 3.58. The van der Waals surface area contributed by atoms with Crippen molar-refractivity contribution in [3.05, 3.63) is 47.5 Å². The monoisotopic (exact) mass is 388 g/mol. The van der Waals surface area contributed by atoms with E-state index in [1.54, 1.807) is 12.1 Å². The molecule has 2 fully saturated rings. The number of hydrogen-bond acceptors (Lipinski definition) is 6. The van der Waals surface area contributed by atoms with Crippen LogP contribution in [0.3, 0.4) is 0 Å². The topological polar surface area (TPSA) is 81.3 Å². The van der Waals surface area contributed by atoms with Crippen LogP contribution in [0.4, 0.5) is 14.6 Å². The molecule has 2 N–H and O–H groups in total. The summed E-state index contributed by atoms with van der Waals surface area (Å²) < 4.78 is 44.7. The van der Waals surface area contributed by atoms with Crippen molar-refractivity contribution in [3.63, 3.8) is 0 Å². The lowest BCUT2D eigenvalue weighted by Crippen LogP contribution is -2.32. The number of nitrogens with zero attached hydrogens (tertiary/aromatic N) is 2. The molecule has 5 rings (SSSR count). The van der Waals surface area contributed by atoms with Gasteiger partial charge < -0.3 is 24.5 Å². The number of nitrogens with one attached hydrogen (secondary N) is 2. The number of halogens is 2. The van der Waals surface area contributed by atoms with Crippen LogP contribution in [0.15, 0.2) is 30.3 Å². The largest absolute Gasteiger partial charge is 0.456 e. The molecule has 2 aliphatic heterocycles. The van der Waals surface area contributed by atoms with E-state index in [1.165, 1.54) is 18.2 Å². The predicted octanol–water partition coefficient (Wildman–Crippen LogP) is 2.78. The Kier molecular flexibility index (Phi) is 4.33. The average Bonchev–Trinajstić information content (AvgIpc) is 3.38. The second-order valence-electron chi connectivity index (χ2n) is 6.82. The first-order chi connectivity index (χ1) is 13.7. The smallest absolute Gasteiger partial charge is 0.296 e. The Hall–Kier alpha value is -2.78. The Bertz CT molecular complexity index is 992. The fourth-order valence-electron chi connectivity index (χ4n) is 3.58. The Morgan fingerprint density at radius 3 is 2.86 bits per heavy atom. The maximum atomic E-state index is 13.7. The minimum atomic E-state index is -0.602. The van der Waals surface area contributed by atoms with Crippen molar-refractivity contribution in [1.82, 2.24) is 15.0 Å². The van der Waals surface area contributed by atoms with Crippen molar-refractivity contribution in [3.8, 4) is 6.01 Å². The van der Waals surface area contributed by atoms with Gasteiger partial charge in [0.15, 0.2) is 11.8 Å². The van der Waals surface area contributed by atoms with Gasteiger partial charge in [-0.05, 0) is 30.7 Å². The molecule has 28 heavy (non-hydrogen) atoms. The molecule has 7 nitrogen and oxygen atoms in total. The number of H-pyrrole nitrogens is 1. The number of aromatic amines is 1. The van der Waals surface area contributed by atoms with Gasteiger partial charge in [-0.1, -0.05) is 6.07 Å². The van der Waals surface area contributed by atoms with E-state index >= 15 is 0 Å². The van der Waals surface area contributed by atoms with Gasteiger partial charge in [0, 0.05) is 18.7 Å². The van der Waals surface area contributed by atoms with Crippen LogP contribution in [0, 0.1) is 11.6 Å². The molecular weight excluding hydrogens is 370 g/mol. The van der Waals surface area contributed by atoms with E-state index < -0.39 is 11.6 Å². The molecule has 2 saturated heterocycles. The van der Waals surface area contributed by atoms with Crippen molar-refractivity contribution in [1.29, 1.82) is 0 Å². The van der Waals surface area contributed by atoms with Gasteiger partial charge >= 0.3 is 0 Å². The van der Waals surface area contributed by atoms with Crippen LogP contribution in [0.1, 0.15) is 12.0 Å². The zero-order chi connectivity index (χ0) is 19.1. The molecule has 1 aromatic carbocycles. The molecule has 9 heteroatoms. The average molecular weight is 388 g/mol. The lowest BCUT2D eigenvalue weighted by molar-refractivity contribution is 0.0273. The van der Waals surface area contributed by atoms with E-state index in [-0.39, 0.29) is 30.4 Å². The van der Waals surface area contributed by atoms with E-state index in [0.717, 1.165) is 6.42 Å². The van der Waals surface area contributed by atoms with Gasteiger partial charge in [0.05, 0.1) is 18.2 Å². The number of anilines is 1. The lowest BCUT2D eigenvalue weighted by Gasteiger charge is -2.15. The molecule has 2 aromatic heterocycles. The quantitative estimate of drug-likeness (QED) is 0.700. The highest BCUT2D eigenvalue weighted by atomic mass is 19.1. The van der Waals surface area contributed by atoms with Crippen LogP contribution < -0.4 is 10.1 Å². The van der Waals surface area contributed by atoms with Gasteiger partial charge in [-0.15, -0.1) is 0 Å². The Morgan fingerprint density at radius 2 is 2.00 bits per heavy atom. The normalized spacial score (nSPS) is 23.9. The fraction of sp³-hybridized carbons (Fsp3) is 0.368. The summed E-state index contributed by atoms with van der Waals surface area (Å²) in [4.78, 5) is 11.8. The minimum absolute atomic E-state index is 0.0232. The van der Waals surface area contributed by atoms with Gasteiger partial charge in [0.1, 0.15) is 23.6 Å². The van der Waals surface area contributed by atoms with Gasteiger partial charge in [-0.2, -0.15) is 4.98 Å². The second kappa shape index (κ2) is 6.99. The van der Waals surface area contributed by atoms with Crippen molar-refractivity contribution in [2.75, 3.05) is 18.5 Å². The molecule has 0 radical (unpaired) electrons. The van der Waals surface area contributed by atoms with Gasteiger partial charge in [-0.25, -0.2) is 13.8 Å². The molecule has 2 aliphatic rings. The van der Waals surface area contributed by atoms with Crippen LogP contribution in [0.25, 0.3) is 11.2 Å². The SMILES string of the molecule is Fc1cccc(F)c1CNc1ccc2[nH]c(O[C@@H]3CO[C@@H]4CCOC43)nc2n1. The van der Waals surface area contributed by atoms with Gasteiger partial charge in [0.25, 0.3) is 6.01 Å². The van der Waals surface area contributed by atoms with E-state index in [0.29, 0.717) is 36.2 Å². The van der Waals surface area contributed by atoms with Crippen LogP contribution in [0.5, 0.6) is 6.01 Å². The number of imidazole rings is 1. The Morgan fingerprint density at radius 1 is 1.14 bits per heavy atom. The number of hydrogen-bond donors (Lipinski definition) is 2. The van der Waals surface area contributed by atoms with Crippen LogP contribution >= 0.6 is 0 Å². The highest BCUT2D eigenvalue weighted by molar-refractivity contribution is 5.73. The maximum absolute atomic E-state index is 13.7. The molecule has 0 amide bonds. The Balaban J connectivity index is 1.30. The number of ether oxygens (including phenoxy) is 3. The van der Waals surface area contributed by atoms with Crippen molar-refractivity contribution in [2.45, 2.75) is 31.3 Å². The molecule has 0 aliphatic carbocycles. The molecule has 4 heterocycles. The van der Waals surface area contributed by atoms with Crippen molar-refractivity contribution < 1.29 is 23.0 Å². The first kappa shape index (κ1) is 17.3. The third-order valence-corrected chi connectivity index (χ3v) is 5.02. The molecule has 3 atom stereocenters. The molecule has 146 valence electrons. The minimum Gasteiger partial charge on any atom is -0.456 e. The molecule has 0 bridgehead atoms. The summed E-state index contributed by atoms with van der Waals surface area (Å²) in [6.07, 6.45) is 0.676. The Labute approximate surface area is 159 Å². The maximum Gasteiger partial charge on any atom is 0.296 e. The highest BCUT2D eigenvalue weighted by Gasteiger charge is 2.43. The standard InChI is InChI=1S/C19H18F2N4O3/c20-11-2-1-3-12(21)10(11)8-22-16-5-4-13-18(24-16)25-19(23-13)28-15-9-27-14-6-7-26-17(14)15/h1-5,14-15,17H,6-9H2,(H2,22,23,24,25)/t14-,15-,17?/m1/s1. The zero-order valence-corrected chi connectivity index (χ0v) is 14.8. The lowest BCUT2D eigenvalue weighted by atomic mass is 10.1. The summed E-state index contributed by atoms with van der Waals surface area (Å²) in [6, 6.07) is 7.60. The highest BCUT2D eigenvalue weighted by Crippen LogP contribution is 2.29. The predicted molar refractivity (Wildman–Crippen MR) is 96.1 cm³/mol. The zero-order valence-electron chi connectivity index (χ0n) is 14.8. The van der Waals surface area contributed by atoms with E-state index in [9.17, 15) is 8.78 Å². The first-order valence-electron chi connectivity index (χ1n) is 9.11. The third kappa shape index (κ3) is 3.16. The van der Waals surface area contributed by atoms with E-state index in [2.05, 4.69) is 20.3 Å². The number of aromatic nitrogens is 3. The summed E-state index contributed by atoms with van der Waals surface area (Å²) in [5.74, 6) is -0.748. The third-order valence-electron chi connectivity index (χ3n) is 5.02. The number of benzene rings is 1. The van der Waals surface area contributed by atoms with Crippen molar-refractivity contribution in [2.24, 2.45) is 0 Å². The van der Waals surface area contributed by atoms with Crippen molar-refractivity contribution >= 4 is 17.0 Å². The van der Waals surface area contributed by atoms with Gasteiger partial charge in [0.2, 0.25) is 0 Å². The number of fused-ring (bicyclic) bond motifs is 2. The number of pyridine rings is 1. The summed E-state index contributed by atoms with van der Waals surface area (Å²) >= 11 is 0. The molecule has 0 spiro atoms. The van der Waals surface area contributed by atoms with E-state index in [1.807, 2.05) is 0 Å². The van der Waals surface area contributed by atoms with Crippen LogP contribution in [0.2, 0.25) is 0 Å². The van der Waals surface area contributed by atoms with E-state index in [4.69, 9.17) is 14.2 Å². The summed E-state index contributed by atoms with van der Waals surface area (Å²) in [5.41, 5.74) is 1.10. The summed E-state index contributed by atoms with van der Waals surface area (Å²) in [6.45, 7) is 1.11. The molecule has 0 saturated carbocycles. The van der Waals surface area contributed by atoms with Crippen LogP contribution in [-0.4, -0.2) is 46.5 Å². The summed E-state index contributed by atoms with van der Waals surface area (Å²) in [7, 11) is 0. The number of rotatable bonds is 5. The van der Waals surface area contributed by atoms with Gasteiger partial charge in [-0.3, -0.25) is 0 Å². The second-order valence-corrected chi connectivity index (χ2v) is 6.82. The molecular formula is C19H18F2N4O3. The molecule has 1 unspecified atom stereocenters.